The summed E-state index contributed by atoms with van der Waals surface area (Å²) in [5.41, 5.74) is 4.23. The van der Waals surface area contributed by atoms with Crippen molar-refractivity contribution in [1.82, 2.24) is 4.90 Å². The Labute approximate surface area is 127 Å². The van der Waals surface area contributed by atoms with Gasteiger partial charge in [0.15, 0.2) is 0 Å². The van der Waals surface area contributed by atoms with Crippen LogP contribution in [-0.4, -0.2) is 29.7 Å². The largest absolute Gasteiger partial charge is 0.444 e. The Kier molecular flexibility index (Phi) is 3.68. The molecule has 0 unspecified atom stereocenters. The van der Waals surface area contributed by atoms with Crippen molar-refractivity contribution in [1.29, 1.82) is 0 Å². The van der Waals surface area contributed by atoms with Crippen LogP contribution < -0.4 is 0 Å². The van der Waals surface area contributed by atoms with Gasteiger partial charge in [-0.25, -0.2) is 4.79 Å². The number of nitrogens with zero attached hydrogens (tertiary/aromatic N) is 1. The predicted octanol–water partition coefficient (Wildman–Crippen LogP) is 3.90. The van der Waals surface area contributed by atoms with Crippen LogP contribution >= 0.6 is 0 Å². The second kappa shape index (κ2) is 5.36. The number of hydrogen-bond acceptors (Lipinski definition) is 2. The van der Waals surface area contributed by atoms with Crippen LogP contribution in [-0.2, 0) is 17.6 Å². The number of benzene rings is 1. The minimum Gasteiger partial charge on any atom is -0.444 e. The van der Waals surface area contributed by atoms with Crippen molar-refractivity contribution < 1.29 is 9.53 Å². The molecule has 1 heterocycles. The van der Waals surface area contributed by atoms with Crippen molar-refractivity contribution in [3.8, 4) is 0 Å². The van der Waals surface area contributed by atoms with E-state index in [1.54, 1.807) is 5.56 Å². The second-order valence-electron chi connectivity index (χ2n) is 7.23. The Hall–Kier alpha value is -1.51. The topological polar surface area (TPSA) is 29.5 Å². The number of fused-ring (bicyclic) bond motifs is 1. The van der Waals surface area contributed by atoms with Crippen LogP contribution in [0.15, 0.2) is 18.2 Å². The van der Waals surface area contributed by atoms with E-state index in [9.17, 15) is 4.79 Å². The molecule has 1 aromatic carbocycles. The monoisotopic (exact) mass is 287 g/mol. The molecule has 0 N–H and O–H groups in total. The highest BCUT2D eigenvalue weighted by Crippen LogP contribution is 2.36. The second-order valence-corrected chi connectivity index (χ2v) is 7.23. The van der Waals surface area contributed by atoms with E-state index in [1.807, 2.05) is 25.7 Å². The van der Waals surface area contributed by atoms with Crippen LogP contribution in [0.25, 0.3) is 0 Å². The first-order chi connectivity index (χ1) is 9.94. The maximum atomic E-state index is 12.1. The van der Waals surface area contributed by atoms with E-state index >= 15 is 0 Å². The van der Waals surface area contributed by atoms with E-state index in [1.165, 1.54) is 24.0 Å². The molecule has 1 aliphatic carbocycles. The Balaban J connectivity index is 1.60. The van der Waals surface area contributed by atoms with Crippen LogP contribution in [0, 0.1) is 0 Å². The first kappa shape index (κ1) is 14.4. The molecular weight excluding hydrogens is 262 g/mol. The fraction of sp³-hybridized carbons (Fsp3) is 0.611. The maximum absolute atomic E-state index is 12.1. The minimum absolute atomic E-state index is 0.165. The van der Waals surface area contributed by atoms with Gasteiger partial charge in [-0.3, -0.25) is 0 Å². The van der Waals surface area contributed by atoms with E-state index in [-0.39, 0.29) is 6.09 Å². The number of hydrogen-bond donors (Lipinski definition) is 0. The fourth-order valence-corrected chi connectivity index (χ4v) is 3.36. The number of piperidine rings is 1. The molecule has 0 aromatic heterocycles. The molecule has 1 fully saturated rings. The third-order valence-corrected chi connectivity index (χ3v) is 4.54. The number of rotatable bonds is 1. The number of aryl methyl sites for hydroxylation is 1. The number of likely N-dealkylation sites (tertiary alicyclic amines) is 1. The van der Waals surface area contributed by atoms with Gasteiger partial charge in [-0.2, -0.15) is 0 Å². The molecule has 3 heteroatoms. The molecule has 0 bridgehead atoms. The van der Waals surface area contributed by atoms with Crippen LogP contribution in [0.2, 0.25) is 0 Å². The zero-order valence-corrected chi connectivity index (χ0v) is 13.3. The summed E-state index contributed by atoms with van der Waals surface area (Å²) >= 11 is 0. The summed E-state index contributed by atoms with van der Waals surface area (Å²) in [5.74, 6) is 0.610. The lowest BCUT2D eigenvalue weighted by Crippen LogP contribution is -2.41. The molecular formula is C18H25NO2. The van der Waals surface area contributed by atoms with Gasteiger partial charge in [0.2, 0.25) is 0 Å². The normalized spacial score (nSPS) is 18.9. The van der Waals surface area contributed by atoms with Gasteiger partial charge in [-0.1, -0.05) is 18.2 Å². The Morgan fingerprint density at radius 2 is 1.90 bits per heavy atom. The average molecular weight is 287 g/mol. The van der Waals surface area contributed by atoms with E-state index in [2.05, 4.69) is 18.2 Å². The van der Waals surface area contributed by atoms with Crippen LogP contribution in [0.1, 0.15) is 56.2 Å². The van der Waals surface area contributed by atoms with Crippen LogP contribution in [0.3, 0.4) is 0 Å². The van der Waals surface area contributed by atoms with Gasteiger partial charge in [0, 0.05) is 13.1 Å². The van der Waals surface area contributed by atoms with E-state index in [0.717, 1.165) is 25.9 Å². The summed E-state index contributed by atoms with van der Waals surface area (Å²) in [6.07, 6.45) is 4.41. The molecule has 2 aliphatic rings. The molecule has 1 aliphatic heterocycles. The van der Waals surface area contributed by atoms with Gasteiger partial charge in [0.05, 0.1) is 0 Å². The third-order valence-electron chi connectivity index (χ3n) is 4.54. The molecule has 0 spiro atoms. The summed E-state index contributed by atoms with van der Waals surface area (Å²) in [6, 6.07) is 6.72. The molecule has 0 saturated carbocycles. The molecule has 0 radical (unpaired) electrons. The molecule has 114 valence electrons. The number of amides is 1. The van der Waals surface area contributed by atoms with Crippen LogP contribution in [0.4, 0.5) is 4.79 Å². The fourth-order valence-electron chi connectivity index (χ4n) is 3.36. The van der Waals surface area contributed by atoms with Crippen molar-refractivity contribution in [2.24, 2.45) is 0 Å². The third kappa shape index (κ3) is 3.07. The Morgan fingerprint density at radius 1 is 1.19 bits per heavy atom. The van der Waals surface area contributed by atoms with E-state index < -0.39 is 5.60 Å². The predicted molar refractivity (Wildman–Crippen MR) is 83.6 cm³/mol. The lowest BCUT2D eigenvalue weighted by molar-refractivity contribution is 0.0204. The summed E-state index contributed by atoms with van der Waals surface area (Å²) < 4.78 is 5.46. The van der Waals surface area contributed by atoms with E-state index in [0.29, 0.717) is 5.92 Å². The lowest BCUT2D eigenvalue weighted by atomic mass is 9.78. The summed E-state index contributed by atoms with van der Waals surface area (Å²) in [7, 11) is 0. The highest BCUT2D eigenvalue weighted by molar-refractivity contribution is 5.68. The van der Waals surface area contributed by atoms with Gasteiger partial charge >= 0.3 is 6.09 Å². The van der Waals surface area contributed by atoms with Gasteiger partial charge < -0.3 is 9.64 Å². The summed E-state index contributed by atoms with van der Waals surface area (Å²) in [5, 5.41) is 0. The summed E-state index contributed by atoms with van der Waals surface area (Å²) in [6.45, 7) is 7.37. The lowest BCUT2D eigenvalue weighted by Gasteiger charge is -2.35. The molecule has 3 rings (SSSR count). The van der Waals surface area contributed by atoms with Gasteiger partial charge in [-0.05, 0) is 69.1 Å². The number of carbonyl (C=O) groups is 1. The highest BCUT2D eigenvalue weighted by atomic mass is 16.6. The first-order valence-electron chi connectivity index (χ1n) is 8.02. The molecule has 0 atom stereocenters. The molecule has 1 amide bonds. The molecule has 3 nitrogen and oxygen atoms in total. The van der Waals surface area contributed by atoms with Crippen LogP contribution in [0.5, 0.6) is 0 Å². The van der Waals surface area contributed by atoms with Crippen molar-refractivity contribution >= 4 is 6.09 Å². The van der Waals surface area contributed by atoms with Crippen molar-refractivity contribution in [3.63, 3.8) is 0 Å². The van der Waals surface area contributed by atoms with Crippen molar-refractivity contribution in [3.05, 3.63) is 34.9 Å². The van der Waals surface area contributed by atoms with Gasteiger partial charge in [0.1, 0.15) is 5.60 Å². The van der Waals surface area contributed by atoms with E-state index in [4.69, 9.17) is 4.74 Å². The highest BCUT2D eigenvalue weighted by Gasteiger charge is 2.29. The van der Waals surface area contributed by atoms with Gasteiger partial charge in [0.25, 0.3) is 0 Å². The molecule has 1 saturated heterocycles. The Bertz CT molecular complexity index is 537. The SMILES string of the molecule is CC(C)(C)OC(=O)N1CCC(c2cccc3c2CC3)CC1. The summed E-state index contributed by atoms with van der Waals surface area (Å²) in [4.78, 5) is 14.0. The smallest absolute Gasteiger partial charge is 0.410 e. The zero-order chi connectivity index (χ0) is 15.0. The standard InChI is InChI=1S/C18H25NO2/c1-18(2,3)21-17(20)19-11-9-14(10-12-19)15-6-4-5-13-7-8-16(13)15/h4-6,14H,7-12H2,1-3H3. The minimum atomic E-state index is -0.406. The quantitative estimate of drug-likeness (QED) is 0.784. The number of carbonyl (C=O) groups excluding carboxylic acids is 1. The number of ether oxygens (including phenoxy) is 1. The van der Waals surface area contributed by atoms with Gasteiger partial charge in [-0.15, -0.1) is 0 Å². The zero-order valence-electron chi connectivity index (χ0n) is 13.3. The molecule has 1 aromatic rings. The first-order valence-corrected chi connectivity index (χ1v) is 8.02. The Morgan fingerprint density at radius 3 is 2.48 bits per heavy atom. The maximum Gasteiger partial charge on any atom is 0.410 e. The van der Waals surface area contributed by atoms with Crippen molar-refractivity contribution in [2.45, 2.75) is 58.0 Å². The van der Waals surface area contributed by atoms with Crippen molar-refractivity contribution in [2.75, 3.05) is 13.1 Å². The molecule has 21 heavy (non-hydrogen) atoms. The average Bonchev–Trinajstić information content (AvgIpc) is 2.38.